The Morgan fingerprint density at radius 1 is 1.50 bits per heavy atom. The molecule has 0 fully saturated rings. The fourth-order valence-corrected chi connectivity index (χ4v) is 1.86. The quantitative estimate of drug-likeness (QED) is 0.929. The Morgan fingerprint density at radius 2 is 2.28 bits per heavy atom. The van der Waals surface area contributed by atoms with Gasteiger partial charge in [0.25, 0.3) is 0 Å². The first-order valence-electron chi connectivity index (χ1n) is 6.28. The van der Waals surface area contributed by atoms with Gasteiger partial charge in [0.2, 0.25) is 5.88 Å². The van der Waals surface area contributed by atoms with Crippen molar-refractivity contribution in [1.82, 2.24) is 10.3 Å². The summed E-state index contributed by atoms with van der Waals surface area (Å²) in [6.07, 6.45) is 1.11. The third-order valence-corrected chi connectivity index (χ3v) is 3.37. The highest BCUT2D eigenvalue weighted by Crippen LogP contribution is 2.23. The molecule has 1 aliphatic heterocycles. The highest BCUT2D eigenvalue weighted by atomic mass is 79.9. The summed E-state index contributed by atoms with van der Waals surface area (Å²) in [5.74, 6) is 1.77. The smallest absolute Gasteiger partial charge is 0.219 e. The maximum atomic E-state index is 5.65. The van der Waals surface area contributed by atoms with E-state index in [1.165, 1.54) is 0 Å². The van der Waals surface area contributed by atoms with Crippen molar-refractivity contribution in [3.8, 4) is 5.88 Å². The predicted molar refractivity (Wildman–Crippen MR) is 79.9 cm³/mol. The standard InChI is InChI=1S/C13H21N3O.BrH/c1-4-10(2)16(3)12-6-5-11-9-14-7-8-17-13(11)15-12;/h5-6,10,14H,4,7-9H2,1-3H3;1H. The first kappa shape index (κ1) is 15.2. The summed E-state index contributed by atoms with van der Waals surface area (Å²) in [5, 5.41) is 3.31. The molecule has 1 aliphatic rings. The van der Waals surface area contributed by atoms with Crippen molar-refractivity contribution >= 4 is 22.8 Å². The minimum absolute atomic E-state index is 0. The molecule has 1 unspecified atom stereocenters. The normalized spacial score (nSPS) is 15.7. The summed E-state index contributed by atoms with van der Waals surface area (Å²) >= 11 is 0. The molecule has 0 aromatic carbocycles. The summed E-state index contributed by atoms with van der Waals surface area (Å²) in [6, 6.07) is 4.67. The van der Waals surface area contributed by atoms with Gasteiger partial charge >= 0.3 is 0 Å². The molecule has 2 heterocycles. The van der Waals surface area contributed by atoms with Crippen LogP contribution in [-0.2, 0) is 6.54 Å². The summed E-state index contributed by atoms with van der Waals surface area (Å²) in [7, 11) is 2.08. The zero-order chi connectivity index (χ0) is 12.3. The summed E-state index contributed by atoms with van der Waals surface area (Å²) in [4.78, 5) is 6.80. The molecule has 102 valence electrons. The molecule has 0 bridgehead atoms. The van der Waals surface area contributed by atoms with Crippen molar-refractivity contribution in [2.75, 3.05) is 25.1 Å². The Kier molecular flexibility index (Phi) is 5.88. The molecule has 0 saturated carbocycles. The molecule has 1 aromatic rings. The zero-order valence-corrected chi connectivity index (χ0v) is 13.0. The van der Waals surface area contributed by atoms with Gasteiger partial charge in [0.15, 0.2) is 0 Å². The van der Waals surface area contributed by atoms with Gasteiger partial charge in [-0.1, -0.05) is 6.92 Å². The summed E-state index contributed by atoms with van der Waals surface area (Å²) in [5.41, 5.74) is 1.14. The second-order valence-electron chi connectivity index (χ2n) is 4.53. The van der Waals surface area contributed by atoms with Gasteiger partial charge in [-0.15, -0.1) is 17.0 Å². The Bertz CT molecular complexity index is 386. The fraction of sp³-hybridized carbons (Fsp3) is 0.615. The van der Waals surface area contributed by atoms with E-state index >= 15 is 0 Å². The number of pyridine rings is 1. The van der Waals surface area contributed by atoms with Crippen LogP contribution in [0, 0.1) is 0 Å². The first-order valence-corrected chi connectivity index (χ1v) is 6.28. The molecule has 0 saturated heterocycles. The van der Waals surface area contributed by atoms with Crippen LogP contribution in [0.25, 0.3) is 0 Å². The van der Waals surface area contributed by atoms with Gasteiger partial charge in [0.05, 0.1) is 0 Å². The van der Waals surface area contributed by atoms with Crippen LogP contribution in [0.3, 0.4) is 0 Å². The number of hydrogen-bond acceptors (Lipinski definition) is 4. The van der Waals surface area contributed by atoms with Crippen molar-refractivity contribution in [3.05, 3.63) is 17.7 Å². The third-order valence-electron chi connectivity index (χ3n) is 3.37. The number of anilines is 1. The van der Waals surface area contributed by atoms with Crippen LogP contribution in [0.1, 0.15) is 25.8 Å². The lowest BCUT2D eigenvalue weighted by Crippen LogP contribution is -2.28. The molecule has 1 atom stereocenters. The van der Waals surface area contributed by atoms with Gasteiger partial charge in [-0.2, -0.15) is 4.98 Å². The number of halogens is 1. The lowest BCUT2D eigenvalue weighted by Gasteiger charge is -2.25. The first-order chi connectivity index (χ1) is 8.22. The number of fused-ring (bicyclic) bond motifs is 1. The van der Waals surface area contributed by atoms with Crippen LogP contribution in [-0.4, -0.2) is 31.2 Å². The second kappa shape index (κ2) is 6.95. The molecule has 0 radical (unpaired) electrons. The lowest BCUT2D eigenvalue weighted by atomic mass is 10.2. The number of rotatable bonds is 3. The molecule has 18 heavy (non-hydrogen) atoms. The van der Waals surface area contributed by atoms with E-state index in [1.54, 1.807) is 0 Å². The van der Waals surface area contributed by atoms with Crippen LogP contribution in [0.4, 0.5) is 5.82 Å². The molecule has 2 rings (SSSR count). The van der Waals surface area contributed by atoms with Gasteiger partial charge < -0.3 is 15.0 Å². The number of aromatic nitrogens is 1. The minimum Gasteiger partial charge on any atom is -0.476 e. The third kappa shape index (κ3) is 3.36. The molecular weight excluding hydrogens is 294 g/mol. The highest BCUT2D eigenvalue weighted by molar-refractivity contribution is 8.93. The van der Waals surface area contributed by atoms with Crippen molar-refractivity contribution in [2.24, 2.45) is 0 Å². The largest absolute Gasteiger partial charge is 0.476 e. The van der Waals surface area contributed by atoms with Crippen LogP contribution in [0.15, 0.2) is 12.1 Å². The Hall–Kier alpha value is -0.810. The van der Waals surface area contributed by atoms with Gasteiger partial charge in [-0.25, -0.2) is 0 Å². The van der Waals surface area contributed by atoms with E-state index in [4.69, 9.17) is 4.74 Å². The Morgan fingerprint density at radius 3 is 3.00 bits per heavy atom. The van der Waals surface area contributed by atoms with Crippen LogP contribution in [0.2, 0.25) is 0 Å². The highest BCUT2D eigenvalue weighted by Gasteiger charge is 2.14. The zero-order valence-electron chi connectivity index (χ0n) is 11.3. The topological polar surface area (TPSA) is 37.4 Å². The molecule has 1 N–H and O–H groups in total. The Labute approximate surface area is 120 Å². The number of ether oxygens (including phenoxy) is 1. The molecule has 5 heteroatoms. The van der Waals surface area contributed by atoms with E-state index in [0.29, 0.717) is 12.6 Å². The fourth-order valence-electron chi connectivity index (χ4n) is 1.86. The SMILES string of the molecule is Br.CCC(C)N(C)c1ccc2c(n1)OCCNC2. The van der Waals surface area contributed by atoms with E-state index in [1.807, 2.05) is 0 Å². The number of nitrogens with one attached hydrogen (secondary N) is 1. The van der Waals surface area contributed by atoms with Gasteiger partial charge in [0, 0.05) is 31.7 Å². The van der Waals surface area contributed by atoms with E-state index in [9.17, 15) is 0 Å². The van der Waals surface area contributed by atoms with Crippen molar-refractivity contribution in [2.45, 2.75) is 32.9 Å². The maximum absolute atomic E-state index is 5.65. The minimum atomic E-state index is 0. The van der Waals surface area contributed by atoms with Crippen molar-refractivity contribution in [1.29, 1.82) is 0 Å². The van der Waals surface area contributed by atoms with Gasteiger partial charge in [-0.05, 0) is 25.5 Å². The number of nitrogens with zero attached hydrogens (tertiary/aromatic N) is 2. The van der Waals surface area contributed by atoms with E-state index in [-0.39, 0.29) is 17.0 Å². The average Bonchev–Trinajstić information content (AvgIpc) is 2.61. The molecule has 1 aromatic heterocycles. The average molecular weight is 316 g/mol. The molecular formula is C13H22BrN3O. The Balaban J connectivity index is 0.00000162. The van der Waals surface area contributed by atoms with Crippen LogP contribution >= 0.6 is 17.0 Å². The molecule has 0 spiro atoms. The van der Waals surface area contributed by atoms with E-state index in [2.05, 4.69) is 48.2 Å². The molecule has 4 nitrogen and oxygen atoms in total. The lowest BCUT2D eigenvalue weighted by molar-refractivity contribution is 0.314. The monoisotopic (exact) mass is 315 g/mol. The predicted octanol–water partition coefficient (Wildman–Crippen LogP) is 2.38. The van der Waals surface area contributed by atoms with Crippen molar-refractivity contribution in [3.63, 3.8) is 0 Å². The summed E-state index contributed by atoms with van der Waals surface area (Å²) in [6.45, 7) is 6.81. The van der Waals surface area contributed by atoms with E-state index < -0.39 is 0 Å². The summed E-state index contributed by atoms with van der Waals surface area (Å²) < 4.78 is 5.65. The van der Waals surface area contributed by atoms with Gasteiger partial charge in [0.1, 0.15) is 12.4 Å². The van der Waals surface area contributed by atoms with Crippen LogP contribution in [0.5, 0.6) is 5.88 Å². The molecule has 0 aliphatic carbocycles. The van der Waals surface area contributed by atoms with E-state index in [0.717, 1.165) is 36.8 Å². The maximum Gasteiger partial charge on any atom is 0.219 e. The van der Waals surface area contributed by atoms with Gasteiger partial charge in [-0.3, -0.25) is 0 Å². The number of hydrogen-bond donors (Lipinski definition) is 1. The van der Waals surface area contributed by atoms with Crippen molar-refractivity contribution < 1.29 is 4.74 Å². The van der Waals surface area contributed by atoms with Crippen LogP contribution < -0.4 is 15.0 Å². The molecule has 0 amide bonds. The second-order valence-corrected chi connectivity index (χ2v) is 4.53.